The normalized spacial score (nSPS) is 50.2. The van der Waals surface area contributed by atoms with Gasteiger partial charge in [0.1, 0.15) is 0 Å². The van der Waals surface area contributed by atoms with Gasteiger partial charge in [-0.2, -0.15) is 0 Å². The molecule has 4 nitrogen and oxygen atoms in total. The van der Waals surface area contributed by atoms with E-state index in [1.54, 1.807) is 0 Å². The Hall–Kier alpha value is -0.610. The fraction of sp³-hybridized carbons (Fsp3) is 0.960. The van der Waals surface area contributed by atoms with Crippen LogP contribution in [0.1, 0.15) is 85.0 Å². The molecule has 0 bridgehead atoms. The third-order valence-corrected chi connectivity index (χ3v) is 10.5. The van der Waals surface area contributed by atoms with Gasteiger partial charge in [0.25, 0.3) is 0 Å². The minimum absolute atomic E-state index is 0.0857. The Morgan fingerprint density at radius 1 is 1.10 bits per heavy atom. The van der Waals surface area contributed by atoms with Crippen molar-refractivity contribution in [3.05, 3.63) is 0 Å². The summed E-state index contributed by atoms with van der Waals surface area (Å²) in [5.74, 6) is 3.47. The molecule has 3 N–H and O–H groups in total. The van der Waals surface area contributed by atoms with Gasteiger partial charge in [-0.25, -0.2) is 0 Å². The molecule has 2 unspecified atom stereocenters. The van der Waals surface area contributed by atoms with Crippen LogP contribution in [0.3, 0.4) is 0 Å². The Balaban J connectivity index is 1.53. The number of aliphatic hydroxyl groups excluding tert-OH is 1. The van der Waals surface area contributed by atoms with Crippen molar-refractivity contribution in [1.29, 1.82) is 0 Å². The third-order valence-electron chi connectivity index (χ3n) is 10.5. The summed E-state index contributed by atoms with van der Waals surface area (Å²) >= 11 is 0. The number of rotatable bonds is 4. The molecule has 10 atom stereocenters. The van der Waals surface area contributed by atoms with Crippen LogP contribution in [-0.2, 0) is 9.53 Å². The average molecular weight is 406 g/mol. The monoisotopic (exact) mass is 405 g/mol. The van der Waals surface area contributed by atoms with Gasteiger partial charge in [-0.1, -0.05) is 20.8 Å². The molecule has 0 aromatic heterocycles. The van der Waals surface area contributed by atoms with Crippen LogP contribution in [0, 0.1) is 46.3 Å². The number of nitrogens with two attached hydrogens (primary N) is 1. The molecule has 0 radical (unpaired) electrons. The summed E-state index contributed by atoms with van der Waals surface area (Å²) in [5, 5.41) is 11.3. The topological polar surface area (TPSA) is 72.5 Å². The second kappa shape index (κ2) is 7.82. The predicted molar refractivity (Wildman–Crippen MR) is 115 cm³/mol. The van der Waals surface area contributed by atoms with Crippen LogP contribution < -0.4 is 5.73 Å². The van der Waals surface area contributed by atoms with E-state index < -0.39 is 0 Å². The molecule has 0 aliphatic heterocycles. The fourth-order valence-corrected chi connectivity index (χ4v) is 8.88. The molecule has 4 saturated carbocycles. The predicted octanol–water partition coefficient (Wildman–Crippen LogP) is 4.53. The lowest BCUT2D eigenvalue weighted by atomic mass is 9.43. The second-order valence-electron chi connectivity index (χ2n) is 11.7. The lowest BCUT2D eigenvalue weighted by molar-refractivity contribution is -0.166. The zero-order valence-electron chi connectivity index (χ0n) is 19.0. The standard InChI is InChI=1S/C25H43NO3/c1-15(5-8-22(28)29-4)18-6-7-19-23-20(10-12-25(18,19)3)24(2)11-9-17(26)13-16(24)14-21(23)27/h15-21,23,27H,5-14,26H2,1-4H3/t15-,16?,17+,18-,19-,20-,21+,23?,24+,25-/m1/s1. The van der Waals surface area contributed by atoms with Crippen LogP contribution in [0.2, 0.25) is 0 Å². The second-order valence-corrected chi connectivity index (χ2v) is 11.7. The Morgan fingerprint density at radius 3 is 2.52 bits per heavy atom. The number of hydrogen-bond acceptors (Lipinski definition) is 4. The number of hydrogen-bond donors (Lipinski definition) is 2. The van der Waals surface area contributed by atoms with E-state index in [1.807, 2.05) is 0 Å². The van der Waals surface area contributed by atoms with Crippen molar-refractivity contribution < 1.29 is 14.6 Å². The summed E-state index contributed by atoms with van der Waals surface area (Å²) in [7, 11) is 1.48. The van der Waals surface area contributed by atoms with Crippen molar-refractivity contribution in [1.82, 2.24) is 0 Å². The number of esters is 1. The number of carbonyl (C=O) groups is 1. The first kappa shape index (κ1) is 21.6. The summed E-state index contributed by atoms with van der Waals surface area (Å²) in [5.41, 5.74) is 7.00. The highest BCUT2D eigenvalue weighted by Gasteiger charge is 2.62. The van der Waals surface area contributed by atoms with Gasteiger partial charge in [-0.15, -0.1) is 0 Å². The van der Waals surface area contributed by atoms with Crippen LogP contribution in [0.5, 0.6) is 0 Å². The van der Waals surface area contributed by atoms with Crippen molar-refractivity contribution >= 4 is 5.97 Å². The highest BCUT2D eigenvalue weighted by atomic mass is 16.5. The molecule has 0 spiro atoms. The van der Waals surface area contributed by atoms with Gasteiger partial charge in [0.05, 0.1) is 13.2 Å². The zero-order valence-corrected chi connectivity index (χ0v) is 19.0. The number of carbonyl (C=O) groups excluding carboxylic acids is 1. The molecule has 4 heteroatoms. The zero-order chi connectivity index (χ0) is 21.0. The van der Waals surface area contributed by atoms with Crippen molar-refractivity contribution in [2.75, 3.05) is 7.11 Å². The molecule has 166 valence electrons. The van der Waals surface area contributed by atoms with Crippen molar-refractivity contribution in [3.8, 4) is 0 Å². The summed E-state index contributed by atoms with van der Waals surface area (Å²) < 4.78 is 4.87. The number of ether oxygens (including phenoxy) is 1. The van der Waals surface area contributed by atoms with Gasteiger partial charge in [0.15, 0.2) is 0 Å². The van der Waals surface area contributed by atoms with Gasteiger partial charge < -0.3 is 15.6 Å². The molecule has 4 aliphatic carbocycles. The summed E-state index contributed by atoms with van der Waals surface area (Å²) in [4.78, 5) is 11.7. The maximum absolute atomic E-state index is 11.7. The lowest BCUT2D eigenvalue weighted by Crippen LogP contribution is -2.59. The SMILES string of the molecule is COC(=O)CC[C@@H](C)[C@H]1CC[C@@H]2C3[C@@H](CC[C@@]21C)[C@@]1(C)CC[C@H](N)CC1C[C@@H]3O. The van der Waals surface area contributed by atoms with E-state index in [0.29, 0.717) is 58.8 Å². The van der Waals surface area contributed by atoms with Crippen LogP contribution in [0.25, 0.3) is 0 Å². The minimum atomic E-state index is -0.155. The van der Waals surface area contributed by atoms with Gasteiger partial charge >= 0.3 is 5.97 Å². The molecule has 4 aliphatic rings. The number of fused-ring (bicyclic) bond motifs is 5. The molecular weight excluding hydrogens is 362 g/mol. The van der Waals surface area contributed by atoms with Gasteiger partial charge in [-0.05, 0) is 104 Å². The van der Waals surface area contributed by atoms with Gasteiger partial charge in [-0.3, -0.25) is 4.79 Å². The Labute approximate surface area is 177 Å². The van der Waals surface area contributed by atoms with E-state index in [9.17, 15) is 9.90 Å². The van der Waals surface area contributed by atoms with Crippen LogP contribution >= 0.6 is 0 Å². The highest BCUT2D eigenvalue weighted by molar-refractivity contribution is 5.69. The molecule has 4 fully saturated rings. The Bertz CT molecular complexity index is 623. The van der Waals surface area contributed by atoms with Crippen molar-refractivity contribution in [3.63, 3.8) is 0 Å². The van der Waals surface area contributed by atoms with Crippen molar-refractivity contribution in [2.45, 2.75) is 97.1 Å². The maximum Gasteiger partial charge on any atom is 0.305 e. The Morgan fingerprint density at radius 2 is 1.79 bits per heavy atom. The number of aliphatic hydroxyl groups is 1. The van der Waals surface area contributed by atoms with Crippen LogP contribution in [0.4, 0.5) is 0 Å². The van der Waals surface area contributed by atoms with E-state index >= 15 is 0 Å². The molecule has 0 saturated heterocycles. The largest absolute Gasteiger partial charge is 0.469 e. The average Bonchev–Trinajstić information content (AvgIpc) is 3.04. The molecule has 0 heterocycles. The minimum Gasteiger partial charge on any atom is -0.469 e. The van der Waals surface area contributed by atoms with E-state index in [1.165, 1.54) is 39.2 Å². The first-order valence-electron chi connectivity index (χ1n) is 12.2. The summed E-state index contributed by atoms with van der Waals surface area (Å²) in [6, 6.07) is 0.331. The van der Waals surface area contributed by atoms with Crippen LogP contribution in [0.15, 0.2) is 0 Å². The maximum atomic E-state index is 11.7. The Kier molecular flexibility index (Phi) is 5.83. The van der Waals surface area contributed by atoms with E-state index in [0.717, 1.165) is 25.7 Å². The molecular formula is C25H43NO3. The van der Waals surface area contributed by atoms with Gasteiger partial charge in [0.2, 0.25) is 0 Å². The number of methoxy groups -OCH3 is 1. The van der Waals surface area contributed by atoms with Gasteiger partial charge in [0, 0.05) is 12.5 Å². The molecule has 4 rings (SSSR count). The summed E-state index contributed by atoms with van der Waals surface area (Å²) in [6.07, 6.45) is 10.8. The van der Waals surface area contributed by atoms with E-state index in [2.05, 4.69) is 20.8 Å². The van der Waals surface area contributed by atoms with E-state index in [4.69, 9.17) is 10.5 Å². The molecule has 0 amide bonds. The molecule has 0 aromatic rings. The molecule has 0 aromatic carbocycles. The van der Waals surface area contributed by atoms with Crippen LogP contribution in [-0.4, -0.2) is 30.3 Å². The quantitative estimate of drug-likeness (QED) is 0.674. The first-order chi connectivity index (χ1) is 13.7. The first-order valence-corrected chi connectivity index (χ1v) is 12.2. The fourth-order valence-electron chi connectivity index (χ4n) is 8.88. The van der Waals surface area contributed by atoms with Crippen molar-refractivity contribution in [2.24, 2.45) is 52.1 Å². The molecule has 29 heavy (non-hydrogen) atoms. The highest BCUT2D eigenvalue weighted by Crippen LogP contribution is 2.68. The summed E-state index contributed by atoms with van der Waals surface area (Å²) in [6.45, 7) is 7.38. The lowest BCUT2D eigenvalue weighted by Gasteiger charge is -2.62. The van der Waals surface area contributed by atoms with E-state index in [-0.39, 0.29) is 12.1 Å². The third kappa shape index (κ3) is 3.46. The smallest absolute Gasteiger partial charge is 0.305 e.